The molecular weight excluding hydrogens is 264 g/mol. The van der Waals surface area contributed by atoms with E-state index in [1.165, 1.54) is 0 Å². The summed E-state index contributed by atoms with van der Waals surface area (Å²) in [7, 11) is 0. The van der Waals surface area contributed by atoms with Gasteiger partial charge >= 0.3 is 0 Å². The zero-order chi connectivity index (χ0) is 14.7. The van der Waals surface area contributed by atoms with Gasteiger partial charge in [-0.1, -0.05) is 12.1 Å². The third-order valence-electron chi connectivity index (χ3n) is 3.23. The first-order valence-corrected chi connectivity index (χ1v) is 6.66. The fourth-order valence-corrected chi connectivity index (χ4v) is 2.06. The van der Waals surface area contributed by atoms with Crippen LogP contribution in [0.15, 0.2) is 48.5 Å². The van der Waals surface area contributed by atoms with Crippen molar-refractivity contribution >= 4 is 17.3 Å². The van der Waals surface area contributed by atoms with Gasteiger partial charge in [0.2, 0.25) is 0 Å². The van der Waals surface area contributed by atoms with E-state index in [4.69, 9.17) is 4.74 Å². The maximum Gasteiger partial charge on any atom is 0.150 e. The van der Waals surface area contributed by atoms with Crippen molar-refractivity contribution in [1.29, 1.82) is 0 Å². The number of aromatic nitrogens is 2. The Balaban J connectivity index is 1.80. The van der Waals surface area contributed by atoms with Gasteiger partial charge in [-0.3, -0.25) is 4.79 Å². The van der Waals surface area contributed by atoms with Gasteiger partial charge in [-0.05, 0) is 43.3 Å². The molecule has 4 heteroatoms. The molecule has 104 valence electrons. The summed E-state index contributed by atoms with van der Waals surface area (Å²) in [6, 6.07) is 14.8. The molecule has 0 aliphatic carbocycles. The van der Waals surface area contributed by atoms with Crippen LogP contribution in [0.3, 0.4) is 0 Å². The third kappa shape index (κ3) is 2.89. The van der Waals surface area contributed by atoms with Crippen molar-refractivity contribution in [2.45, 2.75) is 13.5 Å². The molecule has 1 aromatic heterocycles. The van der Waals surface area contributed by atoms with Gasteiger partial charge in [0.05, 0.1) is 22.4 Å². The number of carbonyl (C=O) groups excluding carboxylic acids is 1. The Morgan fingerprint density at radius 3 is 2.33 bits per heavy atom. The topological polar surface area (TPSA) is 52.1 Å². The number of rotatable bonds is 4. The molecule has 0 spiro atoms. The number of ether oxygens (including phenoxy) is 1. The number of benzene rings is 2. The first-order chi connectivity index (χ1) is 10.3. The molecule has 0 aliphatic rings. The second kappa shape index (κ2) is 5.71. The molecule has 0 saturated heterocycles. The van der Waals surface area contributed by atoms with Crippen LogP contribution < -0.4 is 4.74 Å². The minimum absolute atomic E-state index is 0.351. The zero-order valence-electron chi connectivity index (χ0n) is 11.6. The molecule has 0 atom stereocenters. The van der Waals surface area contributed by atoms with E-state index in [1.807, 2.05) is 31.2 Å². The Labute approximate surface area is 122 Å². The number of aldehydes is 1. The fourth-order valence-electron chi connectivity index (χ4n) is 2.06. The molecule has 0 radical (unpaired) electrons. The Bertz CT molecular complexity index is 782. The van der Waals surface area contributed by atoms with E-state index in [-0.39, 0.29) is 0 Å². The maximum absolute atomic E-state index is 10.6. The molecule has 3 aromatic rings. The minimum Gasteiger partial charge on any atom is -0.487 e. The largest absolute Gasteiger partial charge is 0.487 e. The highest BCUT2D eigenvalue weighted by atomic mass is 16.5. The van der Waals surface area contributed by atoms with E-state index in [0.29, 0.717) is 17.9 Å². The number of para-hydroxylation sites is 2. The lowest BCUT2D eigenvalue weighted by molar-refractivity contribution is 0.112. The maximum atomic E-state index is 10.6. The summed E-state index contributed by atoms with van der Waals surface area (Å²) in [4.78, 5) is 19.7. The second-order valence-electron chi connectivity index (χ2n) is 4.72. The average molecular weight is 278 g/mol. The number of aryl methyl sites for hydroxylation is 1. The smallest absolute Gasteiger partial charge is 0.150 e. The van der Waals surface area contributed by atoms with Crippen molar-refractivity contribution in [1.82, 2.24) is 9.97 Å². The van der Waals surface area contributed by atoms with Gasteiger partial charge in [0, 0.05) is 5.56 Å². The number of fused-ring (bicyclic) bond motifs is 1. The van der Waals surface area contributed by atoms with Gasteiger partial charge < -0.3 is 4.74 Å². The van der Waals surface area contributed by atoms with Crippen molar-refractivity contribution < 1.29 is 9.53 Å². The molecule has 2 aromatic carbocycles. The second-order valence-corrected chi connectivity index (χ2v) is 4.72. The summed E-state index contributed by atoms with van der Waals surface area (Å²) in [5, 5.41) is 0. The summed E-state index contributed by atoms with van der Waals surface area (Å²) >= 11 is 0. The molecule has 21 heavy (non-hydrogen) atoms. The summed E-state index contributed by atoms with van der Waals surface area (Å²) in [6.07, 6.45) is 0.808. The van der Waals surface area contributed by atoms with E-state index in [1.54, 1.807) is 24.3 Å². The number of hydrogen-bond donors (Lipinski definition) is 0. The van der Waals surface area contributed by atoms with E-state index in [9.17, 15) is 4.79 Å². The highest BCUT2D eigenvalue weighted by Gasteiger charge is 2.06. The lowest BCUT2D eigenvalue weighted by atomic mass is 10.2. The fraction of sp³-hybridized carbons (Fsp3) is 0.118. The van der Waals surface area contributed by atoms with E-state index < -0.39 is 0 Å². The molecule has 0 N–H and O–H groups in total. The number of nitrogens with zero attached hydrogens (tertiary/aromatic N) is 2. The van der Waals surface area contributed by atoms with Crippen LogP contribution in [-0.2, 0) is 6.61 Å². The standard InChI is InChI=1S/C17H14N2O2/c1-12-17(19-16-5-3-2-4-15(16)18-12)11-21-14-8-6-13(10-20)7-9-14/h2-10H,11H2,1H3. The molecule has 0 unspecified atom stereocenters. The van der Waals surface area contributed by atoms with Gasteiger partial charge in [-0.25, -0.2) is 9.97 Å². The van der Waals surface area contributed by atoms with Crippen molar-refractivity contribution in [2.75, 3.05) is 0 Å². The van der Waals surface area contributed by atoms with Crippen molar-refractivity contribution in [3.05, 3.63) is 65.5 Å². The molecule has 0 bridgehead atoms. The Hall–Kier alpha value is -2.75. The Morgan fingerprint density at radius 2 is 1.67 bits per heavy atom. The predicted octanol–water partition coefficient (Wildman–Crippen LogP) is 3.33. The van der Waals surface area contributed by atoms with Gasteiger partial charge in [-0.15, -0.1) is 0 Å². The van der Waals surface area contributed by atoms with Gasteiger partial charge in [0.15, 0.2) is 0 Å². The highest BCUT2D eigenvalue weighted by Crippen LogP contribution is 2.16. The molecule has 0 saturated carbocycles. The molecule has 0 fully saturated rings. The van der Waals surface area contributed by atoms with Crippen LogP contribution in [0, 0.1) is 6.92 Å². The molecule has 3 rings (SSSR count). The molecular formula is C17H14N2O2. The van der Waals surface area contributed by atoms with Crippen LogP contribution in [0.1, 0.15) is 21.7 Å². The quantitative estimate of drug-likeness (QED) is 0.687. The summed E-state index contributed by atoms with van der Waals surface area (Å²) in [5.41, 5.74) is 4.04. The van der Waals surface area contributed by atoms with Crippen LogP contribution in [0.4, 0.5) is 0 Å². The molecule has 4 nitrogen and oxygen atoms in total. The SMILES string of the molecule is Cc1nc2ccccc2nc1COc1ccc(C=O)cc1. The van der Waals surface area contributed by atoms with Crippen LogP contribution in [0.5, 0.6) is 5.75 Å². The van der Waals surface area contributed by atoms with Gasteiger partial charge in [0.1, 0.15) is 18.6 Å². The Morgan fingerprint density at radius 1 is 1.00 bits per heavy atom. The lowest BCUT2D eigenvalue weighted by Crippen LogP contribution is -2.03. The average Bonchev–Trinajstić information content (AvgIpc) is 2.53. The lowest BCUT2D eigenvalue weighted by Gasteiger charge is -2.09. The molecule has 0 amide bonds. The molecule has 0 aliphatic heterocycles. The first kappa shape index (κ1) is 13.2. The third-order valence-corrected chi connectivity index (χ3v) is 3.23. The van der Waals surface area contributed by atoms with Gasteiger partial charge in [-0.2, -0.15) is 0 Å². The van der Waals surface area contributed by atoms with Crippen LogP contribution in [0.2, 0.25) is 0 Å². The van der Waals surface area contributed by atoms with E-state index in [2.05, 4.69) is 9.97 Å². The molecule has 1 heterocycles. The minimum atomic E-state index is 0.351. The number of hydrogen-bond acceptors (Lipinski definition) is 4. The summed E-state index contributed by atoms with van der Waals surface area (Å²) < 4.78 is 5.70. The zero-order valence-corrected chi connectivity index (χ0v) is 11.6. The van der Waals surface area contributed by atoms with Crippen LogP contribution >= 0.6 is 0 Å². The first-order valence-electron chi connectivity index (χ1n) is 6.66. The Kier molecular flexibility index (Phi) is 3.60. The summed E-state index contributed by atoms with van der Waals surface area (Å²) in [6.45, 7) is 2.28. The van der Waals surface area contributed by atoms with E-state index >= 15 is 0 Å². The predicted molar refractivity (Wildman–Crippen MR) is 80.4 cm³/mol. The van der Waals surface area contributed by atoms with Crippen molar-refractivity contribution in [3.63, 3.8) is 0 Å². The highest BCUT2D eigenvalue weighted by molar-refractivity contribution is 5.75. The van der Waals surface area contributed by atoms with Crippen LogP contribution in [-0.4, -0.2) is 16.3 Å². The monoisotopic (exact) mass is 278 g/mol. The van der Waals surface area contributed by atoms with E-state index in [0.717, 1.165) is 28.7 Å². The van der Waals surface area contributed by atoms with Crippen LogP contribution in [0.25, 0.3) is 11.0 Å². The summed E-state index contributed by atoms with van der Waals surface area (Å²) in [5.74, 6) is 0.704. The van der Waals surface area contributed by atoms with Gasteiger partial charge in [0.25, 0.3) is 0 Å². The van der Waals surface area contributed by atoms with Crippen molar-refractivity contribution in [2.24, 2.45) is 0 Å². The number of carbonyl (C=O) groups is 1. The normalized spacial score (nSPS) is 10.5. The van der Waals surface area contributed by atoms with Crippen molar-refractivity contribution in [3.8, 4) is 5.75 Å².